The van der Waals surface area contributed by atoms with Gasteiger partial charge in [-0.1, -0.05) is 12.1 Å². The number of nitrogens with zero attached hydrogens (tertiary/aromatic N) is 1. The second-order valence-electron chi connectivity index (χ2n) is 6.53. The van der Waals surface area contributed by atoms with Crippen molar-refractivity contribution in [1.29, 1.82) is 0 Å². The first-order chi connectivity index (χ1) is 13.3. The molecule has 0 radical (unpaired) electrons. The smallest absolute Gasteiger partial charge is 0.317 e. The van der Waals surface area contributed by atoms with Gasteiger partial charge in [0.05, 0.1) is 24.0 Å². The Morgan fingerprint density at radius 3 is 2.61 bits per heavy atom. The van der Waals surface area contributed by atoms with Gasteiger partial charge in [0, 0.05) is 5.56 Å². The molecule has 2 unspecified atom stereocenters. The summed E-state index contributed by atoms with van der Waals surface area (Å²) in [5, 5.41) is 20.0. The quantitative estimate of drug-likeness (QED) is 0.338. The summed E-state index contributed by atoms with van der Waals surface area (Å²) in [6.07, 6.45) is 0.186. The van der Waals surface area contributed by atoms with Gasteiger partial charge in [0.15, 0.2) is 0 Å². The van der Waals surface area contributed by atoms with E-state index in [9.17, 15) is 19.7 Å². The SMILES string of the molecule is COC(=O)C1(c2cccc(Oc3ccc(C)c([N+](=O)[O-])c3)c2)CC1C(=O)NO. The summed E-state index contributed by atoms with van der Waals surface area (Å²) < 4.78 is 10.6. The van der Waals surface area contributed by atoms with Crippen LogP contribution >= 0.6 is 0 Å². The maximum Gasteiger partial charge on any atom is 0.317 e. The van der Waals surface area contributed by atoms with Crippen molar-refractivity contribution in [1.82, 2.24) is 5.48 Å². The Balaban J connectivity index is 1.92. The molecule has 0 heterocycles. The van der Waals surface area contributed by atoms with Crippen LogP contribution in [0.5, 0.6) is 11.5 Å². The lowest BCUT2D eigenvalue weighted by Crippen LogP contribution is -2.31. The van der Waals surface area contributed by atoms with Crippen LogP contribution in [-0.4, -0.2) is 29.1 Å². The molecule has 1 aliphatic carbocycles. The van der Waals surface area contributed by atoms with Gasteiger partial charge in [0.1, 0.15) is 16.9 Å². The lowest BCUT2D eigenvalue weighted by molar-refractivity contribution is -0.385. The van der Waals surface area contributed by atoms with Crippen LogP contribution in [-0.2, 0) is 19.7 Å². The first-order valence-corrected chi connectivity index (χ1v) is 8.39. The van der Waals surface area contributed by atoms with E-state index in [1.165, 1.54) is 13.2 Å². The second kappa shape index (κ2) is 7.28. The molecule has 28 heavy (non-hydrogen) atoms. The van der Waals surface area contributed by atoms with Crippen molar-refractivity contribution in [2.24, 2.45) is 5.92 Å². The lowest BCUT2D eigenvalue weighted by Gasteiger charge is -2.16. The van der Waals surface area contributed by atoms with E-state index < -0.39 is 28.1 Å². The summed E-state index contributed by atoms with van der Waals surface area (Å²) in [6.45, 7) is 1.63. The number of carbonyl (C=O) groups excluding carboxylic acids is 2. The Bertz CT molecular complexity index is 959. The molecule has 2 N–H and O–H groups in total. The van der Waals surface area contributed by atoms with E-state index in [1.807, 2.05) is 0 Å². The molecule has 2 atom stereocenters. The third kappa shape index (κ3) is 3.27. The van der Waals surface area contributed by atoms with Crippen LogP contribution in [0.25, 0.3) is 0 Å². The number of aryl methyl sites for hydroxylation is 1. The van der Waals surface area contributed by atoms with Gasteiger partial charge in [-0.05, 0) is 43.2 Å². The van der Waals surface area contributed by atoms with Gasteiger partial charge in [-0.15, -0.1) is 0 Å². The Morgan fingerprint density at radius 1 is 1.25 bits per heavy atom. The average Bonchev–Trinajstić information content (AvgIpc) is 3.45. The highest BCUT2D eigenvalue weighted by molar-refractivity contribution is 5.97. The van der Waals surface area contributed by atoms with Gasteiger partial charge in [-0.2, -0.15) is 0 Å². The molecule has 2 aromatic rings. The second-order valence-corrected chi connectivity index (χ2v) is 6.53. The number of esters is 1. The summed E-state index contributed by atoms with van der Waals surface area (Å²) in [5.41, 5.74) is 1.29. The zero-order valence-corrected chi connectivity index (χ0v) is 15.2. The van der Waals surface area contributed by atoms with Gasteiger partial charge >= 0.3 is 5.97 Å². The van der Waals surface area contributed by atoms with E-state index in [1.54, 1.807) is 48.8 Å². The summed E-state index contributed by atoms with van der Waals surface area (Å²) in [6, 6.07) is 11.0. The molecule has 1 saturated carbocycles. The molecule has 0 bridgehead atoms. The van der Waals surface area contributed by atoms with Gasteiger partial charge in [0.2, 0.25) is 5.91 Å². The first-order valence-electron chi connectivity index (χ1n) is 8.39. The Hall–Kier alpha value is -3.46. The predicted molar refractivity (Wildman–Crippen MR) is 96.1 cm³/mol. The van der Waals surface area contributed by atoms with E-state index in [0.717, 1.165) is 0 Å². The maximum atomic E-state index is 12.4. The first kappa shape index (κ1) is 19.3. The molecule has 0 spiro atoms. The zero-order chi connectivity index (χ0) is 20.5. The molecule has 9 heteroatoms. The van der Waals surface area contributed by atoms with Crippen LogP contribution in [0.3, 0.4) is 0 Å². The number of hydrogen-bond acceptors (Lipinski definition) is 7. The number of ether oxygens (including phenoxy) is 2. The van der Waals surface area contributed by atoms with Crippen molar-refractivity contribution in [3.05, 3.63) is 63.7 Å². The Morgan fingerprint density at radius 2 is 1.96 bits per heavy atom. The fourth-order valence-corrected chi connectivity index (χ4v) is 3.32. The number of amides is 1. The topological polar surface area (TPSA) is 128 Å². The average molecular weight is 386 g/mol. The van der Waals surface area contributed by atoms with E-state index in [-0.39, 0.29) is 17.9 Å². The van der Waals surface area contributed by atoms with Crippen LogP contribution in [0.4, 0.5) is 5.69 Å². The number of methoxy groups -OCH3 is 1. The molecule has 1 fully saturated rings. The standard InChI is InChI=1S/C19H18N2O7/c1-11-6-7-14(9-16(11)21(25)26)28-13-5-3-4-12(8-13)19(18(23)27-2)10-15(19)17(22)20-24/h3-9,15,24H,10H2,1-2H3,(H,20,22). The number of hydrogen-bond donors (Lipinski definition) is 2. The van der Waals surface area contributed by atoms with E-state index in [2.05, 4.69) is 0 Å². The van der Waals surface area contributed by atoms with Gasteiger partial charge in [0.25, 0.3) is 5.69 Å². The highest BCUT2D eigenvalue weighted by atomic mass is 16.6. The van der Waals surface area contributed by atoms with Gasteiger partial charge < -0.3 is 9.47 Å². The minimum Gasteiger partial charge on any atom is -0.468 e. The summed E-state index contributed by atoms with van der Waals surface area (Å²) >= 11 is 0. The number of rotatable bonds is 6. The summed E-state index contributed by atoms with van der Waals surface area (Å²) in [5.74, 6) is -1.42. The van der Waals surface area contributed by atoms with Crippen LogP contribution in [0.2, 0.25) is 0 Å². The van der Waals surface area contributed by atoms with Crippen molar-refractivity contribution >= 4 is 17.6 Å². The number of nitrogens with one attached hydrogen (secondary N) is 1. The minimum atomic E-state index is -1.21. The molecule has 0 saturated heterocycles. The predicted octanol–water partition coefficient (Wildman–Crippen LogP) is 2.63. The molecule has 0 aromatic heterocycles. The lowest BCUT2D eigenvalue weighted by atomic mass is 9.92. The Kier molecular flexibility index (Phi) is 5.02. The van der Waals surface area contributed by atoms with Crippen molar-refractivity contribution in [2.75, 3.05) is 7.11 Å². The van der Waals surface area contributed by atoms with E-state index in [4.69, 9.17) is 14.7 Å². The molecular formula is C19H18N2O7. The molecule has 1 aliphatic rings. The van der Waals surface area contributed by atoms with E-state index in [0.29, 0.717) is 16.9 Å². The van der Waals surface area contributed by atoms with Crippen LogP contribution in [0.15, 0.2) is 42.5 Å². The molecular weight excluding hydrogens is 368 g/mol. The van der Waals surface area contributed by atoms with Crippen LogP contribution in [0, 0.1) is 23.0 Å². The normalized spacial score (nSPS) is 20.2. The van der Waals surface area contributed by atoms with Crippen molar-refractivity contribution < 1.29 is 29.2 Å². The fourth-order valence-electron chi connectivity index (χ4n) is 3.32. The summed E-state index contributed by atoms with van der Waals surface area (Å²) in [7, 11) is 1.22. The monoisotopic (exact) mass is 386 g/mol. The maximum absolute atomic E-state index is 12.4. The zero-order valence-electron chi connectivity index (χ0n) is 15.2. The molecule has 9 nitrogen and oxygen atoms in total. The summed E-state index contributed by atoms with van der Waals surface area (Å²) in [4.78, 5) is 34.8. The molecule has 146 valence electrons. The number of hydroxylamine groups is 1. The molecule has 2 aromatic carbocycles. The molecule has 3 rings (SSSR count). The third-order valence-electron chi connectivity index (χ3n) is 4.90. The van der Waals surface area contributed by atoms with Crippen molar-refractivity contribution in [3.63, 3.8) is 0 Å². The third-order valence-corrected chi connectivity index (χ3v) is 4.90. The number of benzene rings is 2. The minimum absolute atomic E-state index is 0.0680. The number of carbonyl (C=O) groups is 2. The van der Waals surface area contributed by atoms with Gasteiger partial charge in [-0.3, -0.25) is 24.9 Å². The van der Waals surface area contributed by atoms with Crippen LogP contribution < -0.4 is 10.2 Å². The highest BCUT2D eigenvalue weighted by Gasteiger charge is 2.65. The Labute approximate surface area is 160 Å². The fraction of sp³-hybridized carbons (Fsp3) is 0.263. The molecule has 1 amide bonds. The van der Waals surface area contributed by atoms with Gasteiger partial charge in [-0.25, -0.2) is 5.48 Å². The largest absolute Gasteiger partial charge is 0.468 e. The number of nitro benzene ring substituents is 1. The molecule has 0 aliphatic heterocycles. The highest BCUT2D eigenvalue weighted by Crippen LogP contribution is 2.55. The van der Waals surface area contributed by atoms with E-state index >= 15 is 0 Å². The van der Waals surface area contributed by atoms with Crippen molar-refractivity contribution in [3.8, 4) is 11.5 Å². The van der Waals surface area contributed by atoms with Crippen LogP contribution in [0.1, 0.15) is 17.5 Å². The van der Waals surface area contributed by atoms with Crippen molar-refractivity contribution in [2.45, 2.75) is 18.8 Å². The number of nitro groups is 1.